The van der Waals surface area contributed by atoms with Crippen LogP contribution in [0.5, 0.6) is 0 Å². The largest absolute Gasteiger partial charge is 0.463 e. The van der Waals surface area contributed by atoms with Crippen LogP contribution in [0.2, 0.25) is 0 Å². The number of hydrogen-bond acceptors (Lipinski definition) is 4. The predicted molar refractivity (Wildman–Crippen MR) is 172 cm³/mol. The van der Waals surface area contributed by atoms with E-state index in [-0.39, 0.29) is 19.2 Å². The van der Waals surface area contributed by atoms with Crippen molar-refractivity contribution in [2.24, 2.45) is 0 Å². The zero-order valence-electron chi connectivity index (χ0n) is 25.7. The third kappa shape index (κ3) is 11.4. The molecule has 0 radical (unpaired) electrons. The van der Waals surface area contributed by atoms with Crippen LogP contribution in [-0.2, 0) is 19.9 Å². The molecule has 0 saturated heterocycles. The fourth-order valence-electron chi connectivity index (χ4n) is 5.59. The molecule has 228 valence electrons. The standard InChI is InChI=1S/C38H52O4/c1-2-3-4-5-6-7-8-9-10-11-12-13-23-30-37(40)41-31-36(39)32-42-38(33-24-17-14-18-25-33,34-26-19-15-20-27-34)35-28-21-16-22-29-35/h14-22,24-29,36,39H,2-13,23,30-32H2,1H3. The van der Waals surface area contributed by atoms with Crippen LogP contribution < -0.4 is 0 Å². The van der Waals surface area contributed by atoms with Crippen LogP contribution in [0.4, 0.5) is 0 Å². The molecule has 0 amide bonds. The lowest BCUT2D eigenvalue weighted by atomic mass is 9.80. The van der Waals surface area contributed by atoms with Gasteiger partial charge in [-0.05, 0) is 23.1 Å². The molecule has 4 nitrogen and oxygen atoms in total. The maximum Gasteiger partial charge on any atom is 0.305 e. The van der Waals surface area contributed by atoms with Gasteiger partial charge in [0.1, 0.15) is 18.3 Å². The minimum Gasteiger partial charge on any atom is -0.463 e. The Bertz CT molecular complexity index is 987. The molecule has 3 rings (SSSR count). The summed E-state index contributed by atoms with van der Waals surface area (Å²) in [4.78, 5) is 12.3. The highest BCUT2D eigenvalue weighted by Crippen LogP contribution is 2.40. The molecule has 1 N–H and O–H groups in total. The summed E-state index contributed by atoms with van der Waals surface area (Å²) in [7, 11) is 0. The van der Waals surface area contributed by atoms with Crippen molar-refractivity contribution in [3.63, 3.8) is 0 Å². The molecule has 1 unspecified atom stereocenters. The molecule has 0 fully saturated rings. The van der Waals surface area contributed by atoms with E-state index >= 15 is 0 Å². The van der Waals surface area contributed by atoms with Crippen LogP contribution in [0.15, 0.2) is 91.0 Å². The van der Waals surface area contributed by atoms with Crippen LogP contribution >= 0.6 is 0 Å². The number of unbranched alkanes of at least 4 members (excludes halogenated alkanes) is 12. The van der Waals surface area contributed by atoms with Crippen LogP contribution in [0.3, 0.4) is 0 Å². The maximum absolute atomic E-state index is 12.3. The molecule has 0 aliphatic rings. The molecule has 0 aromatic heterocycles. The molecular weight excluding hydrogens is 520 g/mol. The second-order valence-corrected chi connectivity index (χ2v) is 11.4. The van der Waals surface area contributed by atoms with Crippen molar-refractivity contribution in [1.82, 2.24) is 0 Å². The van der Waals surface area contributed by atoms with Crippen molar-refractivity contribution in [3.8, 4) is 0 Å². The van der Waals surface area contributed by atoms with Gasteiger partial charge in [0.25, 0.3) is 0 Å². The second kappa shape index (κ2) is 20.0. The third-order valence-corrected chi connectivity index (χ3v) is 7.95. The number of rotatable bonds is 22. The predicted octanol–water partition coefficient (Wildman–Crippen LogP) is 9.38. The fourth-order valence-corrected chi connectivity index (χ4v) is 5.59. The average molecular weight is 573 g/mol. The van der Waals surface area contributed by atoms with Gasteiger partial charge in [0, 0.05) is 6.42 Å². The monoisotopic (exact) mass is 572 g/mol. The van der Waals surface area contributed by atoms with E-state index < -0.39 is 11.7 Å². The van der Waals surface area contributed by atoms with Crippen LogP contribution in [-0.4, -0.2) is 30.4 Å². The Morgan fingerprint density at radius 1 is 0.595 bits per heavy atom. The maximum atomic E-state index is 12.3. The molecule has 4 heteroatoms. The molecule has 0 heterocycles. The van der Waals surface area contributed by atoms with Gasteiger partial charge in [-0.2, -0.15) is 0 Å². The summed E-state index contributed by atoms with van der Waals surface area (Å²) in [6.07, 6.45) is 16.0. The molecule has 0 aliphatic carbocycles. The van der Waals surface area contributed by atoms with Crippen LogP contribution in [0.25, 0.3) is 0 Å². The Morgan fingerprint density at radius 2 is 0.976 bits per heavy atom. The molecule has 42 heavy (non-hydrogen) atoms. The first-order valence-electron chi connectivity index (χ1n) is 16.3. The normalized spacial score (nSPS) is 12.2. The van der Waals surface area contributed by atoms with E-state index in [0.29, 0.717) is 6.42 Å². The third-order valence-electron chi connectivity index (χ3n) is 7.95. The van der Waals surface area contributed by atoms with Crippen molar-refractivity contribution >= 4 is 5.97 Å². The number of carbonyl (C=O) groups is 1. The molecule has 0 bridgehead atoms. The van der Waals surface area contributed by atoms with Gasteiger partial charge in [0.15, 0.2) is 0 Å². The van der Waals surface area contributed by atoms with Gasteiger partial charge in [-0.25, -0.2) is 0 Å². The highest BCUT2D eigenvalue weighted by atomic mass is 16.6. The minimum absolute atomic E-state index is 0.0186. The van der Waals surface area contributed by atoms with Crippen LogP contribution in [0.1, 0.15) is 114 Å². The van der Waals surface area contributed by atoms with E-state index in [9.17, 15) is 9.90 Å². The average Bonchev–Trinajstić information content (AvgIpc) is 3.04. The van der Waals surface area contributed by atoms with Crippen molar-refractivity contribution in [1.29, 1.82) is 0 Å². The lowest BCUT2D eigenvalue weighted by Crippen LogP contribution is -2.37. The summed E-state index contributed by atoms with van der Waals surface area (Å²) in [5.74, 6) is -0.252. The first kappa shape index (κ1) is 33.6. The Balaban J connectivity index is 1.40. The van der Waals surface area contributed by atoms with Crippen molar-refractivity contribution in [2.45, 2.75) is 109 Å². The van der Waals surface area contributed by atoms with Crippen molar-refractivity contribution < 1.29 is 19.4 Å². The van der Waals surface area contributed by atoms with E-state index in [1.54, 1.807) is 0 Å². The highest BCUT2D eigenvalue weighted by molar-refractivity contribution is 5.69. The Morgan fingerprint density at radius 3 is 1.38 bits per heavy atom. The summed E-state index contributed by atoms with van der Waals surface area (Å²) >= 11 is 0. The number of hydrogen-bond donors (Lipinski definition) is 1. The zero-order valence-corrected chi connectivity index (χ0v) is 25.7. The molecule has 0 saturated carbocycles. The second-order valence-electron chi connectivity index (χ2n) is 11.4. The first-order chi connectivity index (χ1) is 20.7. The van der Waals surface area contributed by atoms with Crippen LogP contribution in [0, 0.1) is 0 Å². The summed E-state index contributed by atoms with van der Waals surface area (Å²) in [5, 5.41) is 10.8. The smallest absolute Gasteiger partial charge is 0.305 e. The summed E-state index contributed by atoms with van der Waals surface area (Å²) < 4.78 is 12.0. The zero-order chi connectivity index (χ0) is 29.7. The quantitative estimate of drug-likeness (QED) is 0.0740. The van der Waals surface area contributed by atoms with E-state index in [1.165, 1.54) is 70.6 Å². The summed E-state index contributed by atoms with van der Waals surface area (Å²) in [6, 6.07) is 30.2. The number of ether oxygens (including phenoxy) is 2. The summed E-state index contributed by atoms with van der Waals surface area (Å²) in [5.41, 5.74) is 1.99. The van der Waals surface area contributed by atoms with Gasteiger partial charge in [0.2, 0.25) is 0 Å². The van der Waals surface area contributed by atoms with Gasteiger partial charge in [0.05, 0.1) is 6.61 Å². The Labute approximate surface area is 254 Å². The van der Waals surface area contributed by atoms with Gasteiger partial charge < -0.3 is 14.6 Å². The Hall–Kier alpha value is -2.95. The van der Waals surface area contributed by atoms with Gasteiger partial charge >= 0.3 is 5.97 Å². The van der Waals surface area contributed by atoms with Crippen molar-refractivity contribution in [3.05, 3.63) is 108 Å². The number of aliphatic hydroxyl groups is 1. The van der Waals surface area contributed by atoms with Crippen molar-refractivity contribution in [2.75, 3.05) is 13.2 Å². The van der Waals surface area contributed by atoms with Gasteiger partial charge in [-0.15, -0.1) is 0 Å². The highest BCUT2D eigenvalue weighted by Gasteiger charge is 2.38. The van der Waals surface area contributed by atoms with E-state index in [4.69, 9.17) is 9.47 Å². The first-order valence-corrected chi connectivity index (χ1v) is 16.3. The molecule has 3 aromatic carbocycles. The van der Waals surface area contributed by atoms with E-state index in [2.05, 4.69) is 6.92 Å². The number of carbonyl (C=O) groups excluding carboxylic acids is 1. The van der Waals surface area contributed by atoms with E-state index in [1.807, 2.05) is 91.0 Å². The lowest BCUT2D eigenvalue weighted by Gasteiger charge is -2.36. The lowest BCUT2D eigenvalue weighted by molar-refractivity contribution is -0.149. The topological polar surface area (TPSA) is 55.8 Å². The molecular formula is C38H52O4. The molecule has 0 aliphatic heterocycles. The molecule has 1 atom stereocenters. The minimum atomic E-state index is -0.934. The fraction of sp³-hybridized carbons (Fsp3) is 0.500. The molecule has 0 spiro atoms. The molecule has 3 aromatic rings. The SMILES string of the molecule is CCCCCCCCCCCCCCCC(=O)OCC(O)COC(c1ccccc1)(c1ccccc1)c1ccccc1. The number of aliphatic hydroxyl groups excluding tert-OH is 1. The van der Waals surface area contributed by atoms with E-state index in [0.717, 1.165) is 29.5 Å². The summed E-state index contributed by atoms with van der Waals surface area (Å²) in [6.45, 7) is 2.20. The van der Waals surface area contributed by atoms with Gasteiger partial charge in [-0.1, -0.05) is 175 Å². The number of benzene rings is 3. The van der Waals surface area contributed by atoms with Gasteiger partial charge in [-0.3, -0.25) is 4.79 Å². The Kier molecular flexibility index (Phi) is 16.0. The number of esters is 1.